The topological polar surface area (TPSA) is 21.6 Å². The van der Waals surface area contributed by atoms with Crippen molar-refractivity contribution in [3.05, 3.63) is 29.6 Å². The molecule has 136 valence electrons. The van der Waals surface area contributed by atoms with Gasteiger partial charge < -0.3 is 4.74 Å². The summed E-state index contributed by atoms with van der Waals surface area (Å²) in [7, 11) is 0. The van der Waals surface area contributed by atoms with Crippen LogP contribution in [-0.4, -0.2) is 24.7 Å². The third kappa shape index (κ3) is 6.98. The maximum Gasteiger partial charge on any atom is 0.434 e. The van der Waals surface area contributed by atoms with Crippen molar-refractivity contribution in [2.75, 3.05) is 6.61 Å². The Morgan fingerprint density at radius 2 is 1.71 bits per heavy atom. The predicted octanol–water partition coefficient (Wildman–Crippen LogP) is 5.52. The summed E-state index contributed by atoms with van der Waals surface area (Å²) in [5, 5.41) is 0. The summed E-state index contributed by atoms with van der Waals surface area (Å²) < 4.78 is 95.3. The van der Waals surface area contributed by atoms with Crippen LogP contribution in [0.25, 0.3) is 0 Å². The fourth-order valence-corrected chi connectivity index (χ4v) is 2.06. The molecule has 0 atom stereocenters. The Morgan fingerprint density at radius 3 is 2.21 bits per heavy atom. The molecule has 0 amide bonds. The van der Waals surface area contributed by atoms with Crippen LogP contribution in [0.3, 0.4) is 0 Å². The average molecular weight is 377 g/mol. The van der Waals surface area contributed by atoms with E-state index in [1.54, 1.807) is 0 Å². The van der Waals surface area contributed by atoms with Gasteiger partial charge in [0.1, 0.15) is 11.6 Å². The highest BCUT2D eigenvalue weighted by atomic mass is 32.1. The van der Waals surface area contributed by atoms with Crippen molar-refractivity contribution in [3.63, 3.8) is 0 Å². The van der Waals surface area contributed by atoms with Gasteiger partial charge in [-0.05, 0) is 44.2 Å². The smallest absolute Gasteiger partial charge is 0.434 e. The maximum atomic E-state index is 13.8. The molecule has 0 N–H and O–H groups in total. The lowest BCUT2D eigenvalue weighted by molar-refractivity contribution is -0.135. The lowest BCUT2D eigenvalue weighted by atomic mass is 10.1. The second-order valence-corrected chi connectivity index (χ2v) is 5.06. The van der Waals surface area contributed by atoms with E-state index in [0.717, 1.165) is 18.2 Å². The van der Waals surface area contributed by atoms with Gasteiger partial charge in [0.15, 0.2) is 5.71 Å². The van der Waals surface area contributed by atoms with Crippen LogP contribution in [0, 0.1) is 5.82 Å². The van der Waals surface area contributed by atoms with E-state index >= 15 is 0 Å². The van der Waals surface area contributed by atoms with Crippen LogP contribution < -0.4 is 4.74 Å². The Morgan fingerprint density at radius 1 is 1.04 bits per heavy atom. The van der Waals surface area contributed by atoms with E-state index in [0.29, 0.717) is 6.42 Å². The number of unbranched alkanes of at least 4 members (excludes halogenated alkanes) is 2. The molecule has 0 spiro atoms. The number of alkyl halides is 6. The fourth-order valence-electron chi connectivity index (χ4n) is 1.84. The standard InChI is InChI=1S/C14H14F7NOS/c15-11-8-9(23-7-3-1-2-6-13(16,17)18)4-5-10(11)12(22-24)14(19,20)21/h4-5,8,24H,1-3,6-7H2/b22-12+. The molecule has 24 heavy (non-hydrogen) atoms. The molecule has 1 aromatic carbocycles. The summed E-state index contributed by atoms with van der Waals surface area (Å²) in [5.74, 6) is -1.21. The van der Waals surface area contributed by atoms with Crippen molar-refractivity contribution in [2.24, 2.45) is 4.40 Å². The molecule has 0 aromatic heterocycles. The van der Waals surface area contributed by atoms with Crippen molar-refractivity contribution in [3.8, 4) is 5.75 Å². The highest BCUT2D eigenvalue weighted by Gasteiger charge is 2.38. The van der Waals surface area contributed by atoms with Gasteiger partial charge in [0, 0.05) is 18.1 Å². The predicted molar refractivity (Wildman–Crippen MR) is 78.0 cm³/mol. The van der Waals surface area contributed by atoms with E-state index in [2.05, 4.69) is 17.2 Å². The third-order valence-corrected chi connectivity index (χ3v) is 3.14. The molecule has 0 saturated carbocycles. The second kappa shape index (κ2) is 8.59. The van der Waals surface area contributed by atoms with Crippen molar-refractivity contribution < 1.29 is 35.5 Å². The van der Waals surface area contributed by atoms with Gasteiger partial charge in [-0.2, -0.15) is 26.3 Å². The number of rotatable bonds is 7. The fraction of sp³-hybridized carbons (Fsp3) is 0.500. The lowest BCUT2D eigenvalue weighted by Gasteiger charge is -2.12. The largest absolute Gasteiger partial charge is 0.493 e. The zero-order valence-corrected chi connectivity index (χ0v) is 13.1. The Balaban J connectivity index is 2.54. The van der Waals surface area contributed by atoms with Crippen LogP contribution in [-0.2, 0) is 0 Å². The molecule has 0 unspecified atom stereocenters. The molecule has 0 aliphatic carbocycles. The van der Waals surface area contributed by atoms with E-state index in [1.165, 1.54) is 0 Å². The van der Waals surface area contributed by atoms with E-state index in [-0.39, 0.29) is 25.2 Å². The zero-order valence-electron chi connectivity index (χ0n) is 12.2. The SMILES string of the molecule is Fc1cc(OCCCCCC(F)(F)F)ccc1/C(=N\S)C(F)(F)F. The monoisotopic (exact) mass is 377 g/mol. The Bertz CT molecular complexity index is 569. The molecular weight excluding hydrogens is 363 g/mol. The van der Waals surface area contributed by atoms with E-state index in [9.17, 15) is 30.7 Å². The Kier molecular flexibility index (Phi) is 7.37. The summed E-state index contributed by atoms with van der Waals surface area (Å²) >= 11 is 3.19. The molecule has 0 heterocycles. The molecule has 0 aliphatic heterocycles. The minimum absolute atomic E-state index is 0.0206. The summed E-state index contributed by atoms with van der Waals surface area (Å²) in [6, 6.07) is 2.74. The number of ether oxygens (including phenoxy) is 1. The molecule has 2 nitrogen and oxygen atoms in total. The van der Waals surface area contributed by atoms with Crippen LogP contribution in [0.4, 0.5) is 30.7 Å². The molecular formula is C14H14F7NOS. The van der Waals surface area contributed by atoms with Gasteiger partial charge >= 0.3 is 12.4 Å². The summed E-state index contributed by atoms with van der Waals surface area (Å²) in [5.41, 5.74) is -2.24. The first-order chi connectivity index (χ1) is 11.0. The van der Waals surface area contributed by atoms with Gasteiger partial charge in [-0.1, -0.05) is 0 Å². The van der Waals surface area contributed by atoms with Crippen LogP contribution in [0.2, 0.25) is 0 Å². The number of halogens is 7. The van der Waals surface area contributed by atoms with Gasteiger partial charge in [-0.25, -0.2) is 8.79 Å². The minimum Gasteiger partial charge on any atom is -0.493 e. The Labute approximate surface area is 139 Å². The summed E-state index contributed by atoms with van der Waals surface area (Å²) in [6.45, 7) is 0.0312. The normalized spacial score (nSPS) is 13.2. The minimum atomic E-state index is -4.86. The van der Waals surface area contributed by atoms with Gasteiger partial charge in [-0.15, -0.1) is 0 Å². The van der Waals surface area contributed by atoms with Gasteiger partial charge in [0.25, 0.3) is 0 Å². The molecule has 1 rings (SSSR count). The van der Waals surface area contributed by atoms with E-state index in [1.807, 2.05) is 0 Å². The zero-order chi connectivity index (χ0) is 18.4. The molecule has 0 fully saturated rings. The van der Waals surface area contributed by atoms with Crippen molar-refractivity contribution in [1.29, 1.82) is 0 Å². The molecule has 0 aliphatic rings. The van der Waals surface area contributed by atoms with Crippen LogP contribution in [0.5, 0.6) is 5.75 Å². The van der Waals surface area contributed by atoms with Crippen molar-refractivity contribution in [1.82, 2.24) is 0 Å². The van der Waals surface area contributed by atoms with Crippen LogP contribution in [0.1, 0.15) is 31.2 Å². The third-order valence-electron chi connectivity index (χ3n) is 2.94. The second-order valence-electron chi connectivity index (χ2n) is 4.86. The van der Waals surface area contributed by atoms with Crippen LogP contribution >= 0.6 is 12.8 Å². The highest BCUT2D eigenvalue weighted by molar-refractivity contribution is 7.79. The van der Waals surface area contributed by atoms with E-state index in [4.69, 9.17) is 4.74 Å². The number of hydrogen-bond acceptors (Lipinski definition) is 3. The number of hydrogen-bond donors (Lipinski definition) is 1. The number of nitrogens with zero attached hydrogens (tertiary/aromatic N) is 1. The first kappa shape index (κ1) is 20.6. The number of benzene rings is 1. The number of thiol groups is 1. The summed E-state index contributed by atoms with van der Waals surface area (Å²) in [4.78, 5) is 0. The first-order valence-corrected chi connectivity index (χ1v) is 7.23. The van der Waals surface area contributed by atoms with Crippen LogP contribution in [0.15, 0.2) is 22.6 Å². The van der Waals surface area contributed by atoms with Crippen molar-refractivity contribution in [2.45, 2.75) is 38.0 Å². The average Bonchev–Trinajstić information content (AvgIpc) is 2.43. The maximum absolute atomic E-state index is 13.8. The first-order valence-electron chi connectivity index (χ1n) is 6.83. The molecule has 0 bridgehead atoms. The highest BCUT2D eigenvalue weighted by Crippen LogP contribution is 2.27. The summed E-state index contributed by atoms with van der Waals surface area (Å²) in [6.07, 6.45) is -9.42. The van der Waals surface area contributed by atoms with Gasteiger partial charge in [-0.3, -0.25) is 0 Å². The lowest BCUT2D eigenvalue weighted by Crippen LogP contribution is -2.24. The molecule has 10 heteroatoms. The molecule has 0 radical (unpaired) electrons. The molecule has 0 saturated heterocycles. The molecule has 1 aromatic rings. The van der Waals surface area contributed by atoms with E-state index < -0.39 is 35.9 Å². The van der Waals surface area contributed by atoms with Crippen molar-refractivity contribution >= 4 is 18.5 Å². The van der Waals surface area contributed by atoms with Gasteiger partial charge in [0.05, 0.1) is 6.61 Å². The quantitative estimate of drug-likeness (QED) is 0.287. The van der Waals surface area contributed by atoms with Gasteiger partial charge in [0.2, 0.25) is 0 Å². The Hall–Kier alpha value is -1.45.